The van der Waals surface area contributed by atoms with E-state index in [9.17, 15) is 4.79 Å². The van der Waals surface area contributed by atoms with Gasteiger partial charge in [0.05, 0.1) is 6.20 Å². The van der Waals surface area contributed by atoms with E-state index in [2.05, 4.69) is 54.6 Å². The number of nitrogens with zero attached hydrogens (tertiary/aromatic N) is 2. The number of benzene rings is 1. The fourth-order valence-corrected chi connectivity index (χ4v) is 2.83. The van der Waals surface area contributed by atoms with E-state index in [0.29, 0.717) is 5.82 Å². The van der Waals surface area contributed by atoms with Crippen LogP contribution in [0.3, 0.4) is 0 Å². The van der Waals surface area contributed by atoms with Crippen LogP contribution < -0.4 is 5.32 Å². The molecule has 0 bridgehead atoms. The second-order valence-corrected chi connectivity index (χ2v) is 6.39. The SMILES string of the molecule is Cc1ccc(C)c(-c2ccc3nc(NC(=O)C4CC4)cn3c2)c1. The van der Waals surface area contributed by atoms with Gasteiger partial charge in [-0.1, -0.05) is 23.8 Å². The molecule has 1 amide bonds. The molecule has 2 aromatic heterocycles. The summed E-state index contributed by atoms with van der Waals surface area (Å²) in [5.74, 6) is 0.897. The molecule has 116 valence electrons. The summed E-state index contributed by atoms with van der Waals surface area (Å²) >= 11 is 0. The first kappa shape index (κ1) is 14.0. The number of aryl methyl sites for hydroxylation is 2. The number of imidazole rings is 1. The molecule has 1 aromatic carbocycles. The van der Waals surface area contributed by atoms with E-state index in [4.69, 9.17) is 0 Å². The Balaban J connectivity index is 1.69. The zero-order valence-electron chi connectivity index (χ0n) is 13.3. The molecule has 4 nitrogen and oxygen atoms in total. The first-order valence-electron chi connectivity index (χ1n) is 7.97. The lowest BCUT2D eigenvalue weighted by Crippen LogP contribution is -2.13. The predicted octanol–water partition coefficient (Wildman–Crippen LogP) is 3.97. The maximum Gasteiger partial charge on any atom is 0.228 e. The van der Waals surface area contributed by atoms with Crippen LogP contribution in [-0.4, -0.2) is 15.3 Å². The molecular weight excluding hydrogens is 286 g/mol. The van der Waals surface area contributed by atoms with Crippen LogP contribution in [0.4, 0.5) is 5.82 Å². The van der Waals surface area contributed by atoms with Crippen LogP contribution in [-0.2, 0) is 4.79 Å². The van der Waals surface area contributed by atoms with E-state index in [1.165, 1.54) is 16.7 Å². The van der Waals surface area contributed by atoms with Crippen LogP contribution in [0.5, 0.6) is 0 Å². The minimum Gasteiger partial charge on any atom is -0.309 e. The molecule has 2 heterocycles. The van der Waals surface area contributed by atoms with Gasteiger partial charge < -0.3 is 9.72 Å². The molecule has 0 atom stereocenters. The molecule has 0 radical (unpaired) electrons. The number of carbonyl (C=O) groups excluding carboxylic acids is 1. The Kier molecular flexibility index (Phi) is 3.18. The molecule has 1 fully saturated rings. The zero-order chi connectivity index (χ0) is 16.0. The van der Waals surface area contributed by atoms with Crippen LogP contribution in [0.25, 0.3) is 16.8 Å². The van der Waals surface area contributed by atoms with Gasteiger partial charge in [-0.3, -0.25) is 4.79 Å². The molecule has 0 spiro atoms. The van der Waals surface area contributed by atoms with E-state index >= 15 is 0 Å². The summed E-state index contributed by atoms with van der Waals surface area (Å²) < 4.78 is 1.97. The zero-order valence-corrected chi connectivity index (χ0v) is 13.3. The fraction of sp³-hybridized carbons (Fsp3) is 0.263. The second-order valence-electron chi connectivity index (χ2n) is 6.39. The van der Waals surface area contributed by atoms with Crippen LogP contribution in [0.2, 0.25) is 0 Å². The van der Waals surface area contributed by atoms with Crippen molar-refractivity contribution in [1.29, 1.82) is 0 Å². The van der Waals surface area contributed by atoms with Gasteiger partial charge in [-0.2, -0.15) is 0 Å². The molecule has 1 N–H and O–H groups in total. The number of amides is 1. The van der Waals surface area contributed by atoms with E-state index in [1.54, 1.807) is 0 Å². The highest BCUT2D eigenvalue weighted by Gasteiger charge is 2.29. The monoisotopic (exact) mass is 305 g/mol. The van der Waals surface area contributed by atoms with Crippen molar-refractivity contribution in [3.8, 4) is 11.1 Å². The maximum absolute atomic E-state index is 11.9. The standard InChI is InChI=1S/C19H19N3O/c1-12-3-4-13(2)16(9-12)15-7-8-18-20-17(11-22(18)10-15)21-19(23)14-5-6-14/h3-4,7-11,14H,5-6H2,1-2H3,(H,21,23). The van der Waals surface area contributed by atoms with Crippen LogP contribution in [0.1, 0.15) is 24.0 Å². The van der Waals surface area contributed by atoms with Crippen molar-refractivity contribution in [2.45, 2.75) is 26.7 Å². The van der Waals surface area contributed by atoms with Crippen molar-refractivity contribution < 1.29 is 4.79 Å². The molecule has 3 aromatic rings. The first-order chi connectivity index (χ1) is 11.1. The van der Waals surface area contributed by atoms with Crippen LogP contribution in [0.15, 0.2) is 42.7 Å². The number of carbonyl (C=O) groups is 1. The summed E-state index contributed by atoms with van der Waals surface area (Å²) in [5, 5.41) is 2.90. The molecule has 1 saturated carbocycles. The lowest BCUT2D eigenvalue weighted by Gasteiger charge is -2.07. The van der Waals surface area contributed by atoms with Gasteiger partial charge in [0.2, 0.25) is 5.91 Å². The number of nitrogens with one attached hydrogen (secondary N) is 1. The van der Waals surface area contributed by atoms with Crippen molar-refractivity contribution in [3.05, 3.63) is 53.9 Å². The summed E-state index contributed by atoms with van der Waals surface area (Å²) in [7, 11) is 0. The van der Waals surface area contributed by atoms with E-state index in [-0.39, 0.29) is 11.8 Å². The van der Waals surface area contributed by atoms with Crippen molar-refractivity contribution >= 4 is 17.4 Å². The van der Waals surface area contributed by atoms with Crippen molar-refractivity contribution in [1.82, 2.24) is 9.38 Å². The Morgan fingerprint density at radius 3 is 2.78 bits per heavy atom. The van der Waals surface area contributed by atoms with Crippen LogP contribution >= 0.6 is 0 Å². The van der Waals surface area contributed by atoms with Crippen molar-refractivity contribution in [2.75, 3.05) is 5.32 Å². The smallest absolute Gasteiger partial charge is 0.228 e. The van der Waals surface area contributed by atoms with Gasteiger partial charge in [-0.15, -0.1) is 0 Å². The molecule has 0 saturated heterocycles. The van der Waals surface area contributed by atoms with Gasteiger partial charge in [0.25, 0.3) is 0 Å². The minimum absolute atomic E-state index is 0.0863. The number of fused-ring (bicyclic) bond motifs is 1. The number of pyridine rings is 1. The molecule has 4 rings (SSSR count). The quantitative estimate of drug-likeness (QED) is 0.796. The van der Waals surface area contributed by atoms with Gasteiger partial charge in [0.15, 0.2) is 5.82 Å². The van der Waals surface area contributed by atoms with Gasteiger partial charge in [0, 0.05) is 12.1 Å². The van der Waals surface area contributed by atoms with Gasteiger partial charge in [0.1, 0.15) is 5.65 Å². The molecule has 0 aliphatic heterocycles. The third kappa shape index (κ3) is 2.72. The lowest BCUT2D eigenvalue weighted by atomic mass is 10.00. The highest BCUT2D eigenvalue weighted by atomic mass is 16.2. The minimum atomic E-state index is 0.0863. The predicted molar refractivity (Wildman–Crippen MR) is 91.5 cm³/mol. The normalized spacial score (nSPS) is 14.2. The molecule has 4 heteroatoms. The van der Waals surface area contributed by atoms with Gasteiger partial charge in [-0.05, 0) is 55.5 Å². The Bertz CT molecular complexity index is 906. The summed E-state index contributed by atoms with van der Waals surface area (Å²) in [6, 6.07) is 10.5. The number of hydrogen-bond donors (Lipinski definition) is 1. The van der Waals surface area contributed by atoms with E-state index in [1.807, 2.05) is 16.7 Å². The van der Waals surface area contributed by atoms with Crippen molar-refractivity contribution in [3.63, 3.8) is 0 Å². The Morgan fingerprint density at radius 2 is 2.00 bits per heavy atom. The number of hydrogen-bond acceptors (Lipinski definition) is 2. The van der Waals surface area contributed by atoms with Crippen molar-refractivity contribution in [2.24, 2.45) is 5.92 Å². The summed E-state index contributed by atoms with van der Waals surface area (Å²) in [4.78, 5) is 16.3. The molecule has 1 aliphatic carbocycles. The Hall–Kier alpha value is -2.62. The average Bonchev–Trinajstić information content (AvgIpc) is 3.30. The van der Waals surface area contributed by atoms with E-state index in [0.717, 1.165) is 24.1 Å². The number of anilines is 1. The Morgan fingerprint density at radius 1 is 1.17 bits per heavy atom. The van der Waals surface area contributed by atoms with Gasteiger partial charge in [-0.25, -0.2) is 4.98 Å². The largest absolute Gasteiger partial charge is 0.309 e. The Labute approximate surface area is 135 Å². The molecular formula is C19H19N3O. The number of rotatable bonds is 3. The third-order valence-corrected chi connectivity index (χ3v) is 4.35. The fourth-order valence-electron chi connectivity index (χ4n) is 2.83. The molecule has 0 unspecified atom stereocenters. The highest BCUT2D eigenvalue weighted by molar-refractivity contribution is 5.93. The van der Waals surface area contributed by atoms with Crippen LogP contribution in [0, 0.1) is 19.8 Å². The number of aromatic nitrogens is 2. The average molecular weight is 305 g/mol. The first-order valence-corrected chi connectivity index (χ1v) is 7.97. The second kappa shape index (κ2) is 5.23. The van der Waals surface area contributed by atoms with E-state index < -0.39 is 0 Å². The summed E-state index contributed by atoms with van der Waals surface area (Å²) in [6.07, 6.45) is 5.94. The molecule has 23 heavy (non-hydrogen) atoms. The maximum atomic E-state index is 11.9. The summed E-state index contributed by atoms with van der Waals surface area (Å²) in [6.45, 7) is 4.22. The molecule has 1 aliphatic rings. The summed E-state index contributed by atoms with van der Waals surface area (Å²) in [5.41, 5.74) is 5.71. The van der Waals surface area contributed by atoms with Gasteiger partial charge >= 0.3 is 0 Å². The topological polar surface area (TPSA) is 46.4 Å². The lowest BCUT2D eigenvalue weighted by molar-refractivity contribution is -0.117. The third-order valence-electron chi connectivity index (χ3n) is 4.35. The highest BCUT2D eigenvalue weighted by Crippen LogP contribution is 2.30.